The van der Waals surface area contributed by atoms with Crippen molar-refractivity contribution in [3.8, 4) is 0 Å². The fourth-order valence-electron chi connectivity index (χ4n) is 2.69. The lowest BCUT2D eigenvalue weighted by atomic mass is 10.2. The van der Waals surface area contributed by atoms with Gasteiger partial charge in [-0.15, -0.1) is 0 Å². The largest absolute Gasteiger partial charge is 0.315 e. The first-order valence-corrected chi connectivity index (χ1v) is 7.25. The quantitative estimate of drug-likeness (QED) is 0.750. The second kappa shape index (κ2) is 6.74. The molecule has 1 N–H and O–H groups in total. The molecule has 0 unspecified atom stereocenters. The zero-order valence-electron chi connectivity index (χ0n) is 11.4. The summed E-state index contributed by atoms with van der Waals surface area (Å²) < 4.78 is 1.97. The predicted octanol–water partition coefficient (Wildman–Crippen LogP) is 2.12. The van der Waals surface area contributed by atoms with Crippen LogP contribution in [0.4, 0.5) is 0 Å². The van der Waals surface area contributed by atoms with Crippen molar-refractivity contribution in [3.05, 3.63) is 33.7 Å². The van der Waals surface area contributed by atoms with E-state index in [9.17, 15) is 4.79 Å². The summed E-state index contributed by atoms with van der Waals surface area (Å²) in [6.07, 6.45) is 7.18. The summed E-state index contributed by atoms with van der Waals surface area (Å²) in [5.74, 6) is 0. The number of hydrogen-bond acceptors (Lipinski definition) is 2. The summed E-state index contributed by atoms with van der Waals surface area (Å²) in [5, 5.41) is 3.43. The monoisotopic (exact) mass is 248 g/mol. The van der Waals surface area contributed by atoms with E-state index >= 15 is 0 Å². The first kappa shape index (κ1) is 13.3. The highest BCUT2D eigenvalue weighted by molar-refractivity contribution is 5.25. The molecule has 1 aliphatic carbocycles. The van der Waals surface area contributed by atoms with E-state index in [0.29, 0.717) is 0 Å². The molecule has 100 valence electrons. The predicted molar refractivity (Wildman–Crippen MR) is 75.1 cm³/mol. The molecule has 3 nitrogen and oxygen atoms in total. The Morgan fingerprint density at radius 3 is 2.94 bits per heavy atom. The lowest BCUT2D eigenvalue weighted by Gasteiger charge is -2.12. The average molecular weight is 248 g/mol. The molecular formula is C15H24N2O. The Balaban J connectivity index is 1.86. The van der Waals surface area contributed by atoms with Crippen LogP contribution in [0.3, 0.4) is 0 Å². The van der Waals surface area contributed by atoms with Crippen LogP contribution in [-0.4, -0.2) is 17.7 Å². The Hall–Kier alpha value is -1.09. The smallest absolute Gasteiger partial charge is 0.250 e. The van der Waals surface area contributed by atoms with Gasteiger partial charge >= 0.3 is 0 Å². The van der Waals surface area contributed by atoms with Crippen LogP contribution >= 0.6 is 0 Å². The Morgan fingerprint density at radius 2 is 2.11 bits per heavy atom. The molecule has 3 heteroatoms. The van der Waals surface area contributed by atoms with Crippen LogP contribution in [0.5, 0.6) is 0 Å². The molecule has 1 heterocycles. The molecule has 0 radical (unpaired) electrons. The number of nitrogens with zero attached hydrogens (tertiary/aromatic N) is 1. The highest BCUT2D eigenvalue weighted by Crippen LogP contribution is 2.19. The lowest BCUT2D eigenvalue weighted by molar-refractivity contribution is 0.550. The topological polar surface area (TPSA) is 34.0 Å². The minimum absolute atomic E-state index is 0.158. The molecule has 0 saturated heterocycles. The number of nitrogens with one attached hydrogen (secondary N) is 1. The number of unbranched alkanes of at least 4 members (excludes halogenated alkanes) is 2. The molecule has 0 bridgehead atoms. The van der Waals surface area contributed by atoms with Gasteiger partial charge in [-0.1, -0.05) is 25.8 Å². The van der Waals surface area contributed by atoms with Crippen LogP contribution in [0, 0.1) is 0 Å². The van der Waals surface area contributed by atoms with Gasteiger partial charge in [0.1, 0.15) is 0 Å². The Morgan fingerprint density at radius 1 is 1.22 bits per heavy atom. The summed E-state index contributed by atoms with van der Waals surface area (Å²) in [6, 6.07) is 3.73. The van der Waals surface area contributed by atoms with E-state index in [1.54, 1.807) is 6.07 Å². The minimum Gasteiger partial charge on any atom is -0.315 e. The van der Waals surface area contributed by atoms with Crippen molar-refractivity contribution in [2.45, 2.75) is 52.0 Å². The van der Waals surface area contributed by atoms with Crippen LogP contribution in [0.25, 0.3) is 0 Å². The molecule has 0 spiro atoms. The minimum atomic E-state index is 0.158. The third kappa shape index (κ3) is 3.22. The SMILES string of the molecule is CCCCCNCCn1c2c(ccc1=O)CCC2. The van der Waals surface area contributed by atoms with Crippen molar-refractivity contribution in [1.82, 2.24) is 9.88 Å². The molecule has 0 aromatic carbocycles. The van der Waals surface area contributed by atoms with E-state index < -0.39 is 0 Å². The Kier molecular flexibility index (Phi) is 5.00. The fourth-order valence-corrected chi connectivity index (χ4v) is 2.69. The van der Waals surface area contributed by atoms with Crippen molar-refractivity contribution in [2.75, 3.05) is 13.1 Å². The van der Waals surface area contributed by atoms with Crippen LogP contribution in [0.2, 0.25) is 0 Å². The molecule has 0 atom stereocenters. The number of fused-ring (bicyclic) bond motifs is 1. The number of aryl methyl sites for hydroxylation is 1. The Labute approximate surface area is 109 Å². The summed E-state index contributed by atoms with van der Waals surface area (Å²) in [7, 11) is 0. The van der Waals surface area contributed by atoms with Gasteiger partial charge in [0.15, 0.2) is 0 Å². The van der Waals surface area contributed by atoms with Gasteiger partial charge in [-0.25, -0.2) is 0 Å². The normalized spacial score (nSPS) is 13.8. The first-order valence-electron chi connectivity index (χ1n) is 7.25. The highest BCUT2D eigenvalue weighted by Gasteiger charge is 2.14. The third-order valence-electron chi connectivity index (χ3n) is 3.72. The first-order chi connectivity index (χ1) is 8.83. The van der Waals surface area contributed by atoms with Crippen molar-refractivity contribution >= 4 is 0 Å². The van der Waals surface area contributed by atoms with Crippen molar-refractivity contribution in [2.24, 2.45) is 0 Å². The standard InChI is InChI=1S/C15H24N2O/c1-2-3-4-10-16-11-12-17-14-7-5-6-13(14)8-9-15(17)18/h8-9,16H,2-7,10-12H2,1H3. The summed E-state index contributed by atoms with van der Waals surface area (Å²) in [6.45, 7) is 5.00. The van der Waals surface area contributed by atoms with Gasteiger partial charge in [-0.05, 0) is 37.8 Å². The van der Waals surface area contributed by atoms with E-state index in [0.717, 1.165) is 32.5 Å². The molecule has 2 rings (SSSR count). The lowest BCUT2D eigenvalue weighted by Crippen LogP contribution is -2.29. The van der Waals surface area contributed by atoms with Crippen LogP contribution < -0.4 is 10.9 Å². The van der Waals surface area contributed by atoms with E-state index in [4.69, 9.17) is 0 Å². The molecule has 0 saturated carbocycles. The van der Waals surface area contributed by atoms with Gasteiger partial charge in [0.05, 0.1) is 0 Å². The maximum atomic E-state index is 11.9. The van der Waals surface area contributed by atoms with Gasteiger partial charge < -0.3 is 9.88 Å². The third-order valence-corrected chi connectivity index (χ3v) is 3.72. The zero-order chi connectivity index (χ0) is 12.8. The molecule has 1 aliphatic rings. The Bertz CT molecular complexity index is 437. The van der Waals surface area contributed by atoms with Crippen molar-refractivity contribution < 1.29 is 0 Å². The number of pyridine rings is 1. The average Bonchev–Trinajstić information content (AvgIpc) is 2.84. The molecular weight excluding hydrogens is 224 g/mol. The summed E-state index contributed by atoms with van der Waals surface area (Å²) >= 11 is 0. The van der Waals surface area contributed by atoms with E-state index in [-0.39, 0.29) is 5.56 Å². The van der Waals surface area contributed by atoms with E-state index in [1.165, 1.54) is 36.9 Å². The number of hydrogen-bond donors (Lipinski definition) is 1. The molecule has 18 heavy (non-hydrogen) atoms. The highest BCUT2D eigenvalue weighted by atomic mass is 16.1. The van der Waals surface area contributed by atoms with Crippen LogP contribution in [0.1, 0.15) is 43.9 Å². The molecule has 1 aromatic rings. The molecule has 0 aliphatic heterocycles. The zero-order valence-corrected chi connectivity index (χ0v) is 11.4. The van der Waals surface area contributed by atoms with Crippen LogP contribution in [0.15, 0.2) is 16.9 Å². The maximum absolute atomic E-state index is 11.9. The molecule has 0 amide bonds. The second-order valence-electron chi connectivity index (χ2n) is 5.11. The van der Waals surface area contributed by atoms with Gasteiger partial charge in [0.25, 0.3) is 5.56 Å². The van der Waals surface area contributed by atoms with Gasteiger partial charge in [0, 0.05) is 24.8 Å². The van der Waals surface area contributed by atoms with E-state index in [2.05, 4.69) is 12.2 Å². The van der Waals surface area contributed by atoms with Crippen molar-refractivity contribution in [1.29, 1.82) is 0 Å². The number of aromatic nitrogens is 1. The fraction of sp³-hybridized carbons (Fsp3) is 0.667. The maximum Gasteiger partial charge on any atom is 0.250 e. The summed E-state index contributed by atoms with van der Waals surface area (Å²) in [5.41, 5.74) is 2.81. The number of rotatable bonds is 7. The van der Waals surface area contributed by atoms with Gasteiger partial charge in [0.2, 0.25) is 0 Å². The van der Waals surface area contributed by atoms with E-state index in [1.807, 2.05) is 10.6 Å². The van der Waals surface area contributed by atoms with Crippen LogP contribution in [-0.2, 0) is 19.4 Å². The van der Waals surface area contributed by atoms with Gasteiger partial charge in [-0.3, -0.25) is 4.79 Å². The molecule has 0 fully saturated rings. The molecule has 1 aromatic heterocycles. The summed E-state index contributed by atoms with van der Waals surface area (Å²) in [4.78, 5) is 11.9. The second-order valence-corrected chi connectivity index (χ2v) is 5.11. The van der Waals surface area contributed by atoms with Crippen molar-refractivity contribution in [3.63, 3.8) is 0 Å². The van der Waals surface area contributed by atoms with Gasteiger partial charge in [-0.2, -0.15) is 0 Å².